The Balaban J connectivity index is 2.31. The normalized spacial score (nSPS) is 11.1. The first-order chi connectivity index (χ1) is 9.20. The van der Waals surface area contributed by atoms with Gasteiger partial charge >= 0.3 is 0 Å². The van der Waals surface area contributed by atoms with Crippen LogP contribution < -0.4 is 0 Å². The molecule has 0 amide bonds. The molecular formula is C15H13Cl2PS. The van der Waals surface area contributed by atoms with Crippen LogP contribution in [0, 0.1) is 0 Å². The average Bonchev–Trinajstić information content (AvgIpc) is 2.43. The summed E-state index contributed by atoms with van der Waals surface area (Å²) in [6, 6.07) is 16.1. The summed E-state index contributed by atoms with van der Waals surface area (Å²) in [7, 11) is 1.01. The van der Waals surface area contributed by atoms with Crippen LogP contribution in [0.2, 0.25) is 10.0 Å². The van der Waals surface area contributed by atoms with Gasteiger partial charge in [0.05, 0.1) is 0 Å². The second kappa shape index (κ2) is 7.36. The first kappa shape index (κ1) is 14.9. The maximum Gasteiger partial charge on any atom is 0.0406 e. The zero-order valence-electron chi connectivity index (χ0n) is 10.2. The van der Waals surface area contributed by atoms with Crippen molar-refractivity contribution >= 4 is 42.4 Å². The third kappa shape index (κ3) is 4.26. The molecule has 2 aromatic carbocycles. The van der Waals surface area contributed by atoms with Gasteiger partial charge in [-0.2, -0.15) is 0 Å². The van der Waals surface area contributed by atoms with Gasteiger partial charge in [-0.15, -0.1) is 0 Å². The van der Waals surface area contributed by atoms with Crippen molar-refractivity contribution in [1.82, 2.24) is 0 Å². The molecule has 0 bridgehead atoms. The largest absolute Gasteiger partial charge is 0.0843 e. The summed E-state index contributed by atoms with van der Waals surface area (Å²) < 4.78 is 0. The van der Waals surface area contributed by atoms with Gasteiger partial charge in [-0.05, 0) is 49.2 Å². The van der Waals surface area contributed by atoms with E-state index in [1.165, 1.54) is 11.1 Å². The van der Waals surface area contributed by atoms with Gasteiger partial charge in [-0.3, -0.25) is 0 Å². The molecule has 0 unspecified atom stereocenters. The third-order valence-electron chi connectivity index (χ3n) is 3.05. The van der Waals surface area contributed by atoms with Crippen LogP contribution in [0.3, 0.4) is 0 Å². The molecule has 0 fully saturated rings. The Bertz CT molecular complexity index is 492. The predicted molar refractivity (Wildman–Crippen MR) is 88.5 cm³/mol. The summed E-state index contributed by atoms with van der Waals surface area (Å²) in [5.41, 5.74) is 2.54. The van der Waals surface area contributed by atoms with Crippen LogP contribution in [0.15, 0.2) is 48.5 Å². The van der Waals surface area contributed by atoms with Gasteiger partial charge in [-0.1, -0.05) is 59.3 Å². The van der Waals surface area contributed by atoms with Crippen molar-refractivity contribution in [3.63, 3.8) is 0 Å². The molecule has 4 heteroatoms. The fourth-order valence-corrected chi connectivity index (χ4v) is 3.03. The molecule has 0 atom stereocenters. The molecule has 0 aliphatic rings. The lowest BCUT2D eigenvalue weighted by atomic mass is 9.89. The lowest BCUT2D eigenvalue weighted by molar-refractivity contribution is 0.785. The minimum atomic E-state index is 0.352. The van der Waals surface area contributed by atoms with E-state index in [4.69, 9.17) is 35.0 Å². The molecule has 0 heterocycles. The SMILES string of the molecule is S=PCCC(c1ccc(Cl)cc1)c1ccc(Cl)cc1. The van der Waals surface area contributed by atoms with Crippen molar-refractivity contribution in [1.29, 1.82) is 0 Å². The van der Waals surface area contributed by atoms with Crippen molar-refractivity contribution < 1.29 is 0 Å². The number of hydrogen-bond acceptors (Lipinski definition) is 1. The third-order valence-corrected chi connectivity index (χ3v) is 4.55. The van der Waals surface area contributed by atoms with Crippen LogP contribution in [0.5, 0.6) is 0 Å². The van der Waals surface area contributed by atoms with Crippen molar-refractivity contribution in [3.05, 3.63) is 69.7 Å². The van der Waals surface area contributed by atoms with Crippen molar-refractivity contribution in [2.24, 2.45) is 0 Å². The monoisotopic (exact) mass is 326 g/mol. The standard InChI is InChI=1S/C15H13Cl2PS/c16-13-5-1-11(2-6-13)15(9-10-18-19)12-3-7-14(17)8-4-12/h1-8,15H,9-10H2. The minimum Gasteiger partial charge on any atom is -0.0843 e. The highest BCUT2D eigenvalue weighted by atomic mass is 35.5. The Morgan fingerprint density at radius 1 is 0.842 bits per heavy atom. The van der Waals surface area contributed by atoms with E-state index in [2.05, 4.69) is 24.3 Å². The zero-order valence-corrected chi connectivity index (χ0v) is 13.4. The van der Waals surface area contributed by atoms with Crippen LogP contribution in [0.4, 0.5) is 0 Å². The average molecular weight is 327 g/mol. The fourth-order valence-electron chi connectivity index (χ4n) is 2.10. The van der Waals surface area contributed by atoms with Gasteiger partial charge in [-0.25, -0.2) is 0 Å². The van der Waals surface area contributed by atoms with Crippen LogP contribution >= 0.6 is 30.6 Å². The summed E-state index contributed by atoms with van der Waals surface area (Å²) in [4.78, 5) is 0. The first-order valence-corrected chi connectivity index (χ1v) is 8.85. The van der Waals surface area contributed by atoms with Crippen LogP contribution in [-0.2, 0) is 11.8 Å². The van der Waals surface area contributed by atoms with E-state index in [1.54, 1.807) is 0 Å². The maximum atomic E-state index is 5.95. The molecule has 2 aromatic rings. The van der Waals surface area contributed by atoms with Crippen molar-refractivity contribution in [2.75, 3.05) is 6.16 Å². The molecule has 98 valence electrons. The van der Waals surface area contributed by atoms with Gasteiger partial charge in [0.15, 0.2) is 0 Å². The minimum absolute atomic E-state index is 0.352. The first-order valence-electron chi connectivity index (χ1n) is 6.01. The highest BCUT2D eigenvalue weighted by Gasteiger charge is 2.13. The molecular weight excluding hydrogens is 314 g/mol. The molecule has 0 nitrogen and oxygen atoms in total. The van der Waals surface area contributed by atoms with Crippen LogP contribution in [-0.4, -0.2) is 6.16 Å². The molecule has 2 rings (SSSR count). The highest BCUT2D eigenvalue weighted by molar-refractivity contribution is 7.96. The van der Waals surface area contributed by atoms with Crippen LogP contribution in [0.1, 0.15) is 23.5 Å². The van der Waals surface area contributed by atoms with Crippen LogP contribution in [0.25, 0.3) is 0 Å². The Morgan fingerprint density at radius 3 is 1.63 bits per heavy atom. The summed E-state index contributed by atoms with van der Waals surface area (Å²) in [6.07, 6.45) is 2.04. The van der Waals surface area contributed by atoms with Gasteiger partial charge in [0.2, 0.25) is 0 Å². The summed E-state index contributed by atoms with van der Waals surface area (Å²) in [5, 5.41) is 1.53. The summed E-state index contributed by atoms with van der Waals surface area (Å²) in [5.74, 6) is 0.352. The van der Waals surface area contributed by atoms with E-state index in [0.29, 0.717) is 5.92 Å². The van der Waals surface area contributed by atoms with E-state index in [1.807, 2.05) is 24.3 Å². The highest BCUT2D eigenvalue weighted by Crippen LogP contribution is 2.30. The summed E-state index contributed by atoms with van der Waals surface area (Å²) >= 11 is 16.9. The van der Waals surface area contributed by atoms with E-state index in [9.17, 15) is 0 Å². The summed E-state index contributed by atoms with van der Waals surface area (Å²) in [6.45, 7) is 0. The van der Waals surface area contributed by atoms with Gasteiger partial charge in [0.1, 0.15) is 0 Å². The van der Waals surface area contributed by atoms with E-state index in [0.717, 1.165) is 30.0 Å². The molecule has 0 radical (unpaired) electrons. The van der Waals surface area contributed by atoms with Crippen molar-refractivity contribution in [2.45, 2.75) is 12.3 Å². The number of rotatable bonds is 5. The van der Waals surface area contributed by atoms with Gasteiger partial charge < -0.3 is 0 Å². The topological polar surface area (TPSA) is 0 Å². The van der Waals surface area contributed by atoms with Gasteiger partial charge in [0.25, 0.3) is 0 Å². The smallest absolute Gasteiger partial charge is 0.0406 e. The number of halogens is 2. The molecule has 0 aliphatic carbocycles. The van der Waals surface area contributed by atoms with Crippen molar-refractivity contribution in [3.8, 4) is 0 Å². The van der Waals surface area contributed by atoms with Gasteiger partial charge in [0, 0.05) is 22.1 Å². The van der Waals surface area contributed by atoms with E-state index in [-0.39, 0.29) is 0 Å². The number of benzene rings is 2. The quantitative estimate of drug-likeness (QED) is 0.614. The Labute approximate surface area is 130 Å². The zero-order chi connectivity index (χ0) is 13.7. The number of hydrogen-bond donors (Lipinski definition) is 0. The maximum absolute atomic E-state index is 5.95. The Morgan fingerprint density at radius 2 is 1.26 bits per heavy atom. The fraction of sp³-hybridized carbons (Fsp3) is 0.200. The predicted octanol–water partition coefficient (Wildman–Crippen LogP) is 5.92. The molecule has 0 saturated carbocycles. The molecule has 0 aromatic heterocycles. The second-order valence-electron chi connectivity index (χ2n) is 4.30. The molecule has 0 spiro atoms. The lowest BCUT2D eigenvalue weighted by Crippen LogP contribution is -2.02. The molecule has 0 aliphatic heterocycles. The van der Waals surface area contributed by atoms with E-state index >= 15 is 0 Å². The molecule has 19 heavy (non-hydrogen) atoms. The molecule has 0 saturated heterocycles. The Hall–Kier alpha value is -0.460. The van der Waals surface area contributed by atoms with E-state index < -0.39 is 0 Å². The second-order valence-corrected chi connectivity index (χ2v) is 6.65. The Kier molecular flexibility index (Phi) is 5.78. The molecule has 0 N–H and O–H groups in total. The lowest BCUT2D eigenvalue weighted by Gasteiger charge is -2.17.